The number of rotatable bonds is 6. The van der Waals surface area contributed by atoms with E-state index in [1.807, 2.05) is 30.4 Å². The van der Waals surface area contributed by atoms with Crippen LogP contribution in [0.4, 0.5) is 0 Å². The normalized spacial score (nSPS) is 24.9. The zero-order chi connectivity index (χ0) is 21.1. The summed E-state index contributed by atoms with van der Waals surface area (Å²) in [7, 11) is 0. The predicted octanol–water partition coefficient (Wildman–Crippen LogP) is 2.06. The van der Waals surface area contributed by atoms with Crippen molar-refractivity contribution in [1.29, 1.82) is 0 Å². The van der Waals surface area contributed by atoms with Crippen LogP contribution in [0.15, 0.2) is 36.4 Å². The lowest BCUT2D eigenvalue weighted by molar-refractivity contribution is -0.150. The van der Waals surface area contributed by atoms with E-state index in [4.69, 9.17) is 4.74 Å². The lowest BCUT2D eigenvalue weighted by Crippen LogP contribution is -2.35. The maximum atomic E-state index is 12.4. The van der Waals surface area contributed by atoms with Gasteiger partial charge >= 0.3 is 5.97 Å². The van der Waals surface area contributed by atoms with Crippen molar-refractivity contribution in [3.63, 3.8) is 0 Å². The summed E-state index contributed by atoms with van der Waals surface area (Å²) >= 11 is 0. The number of ether oxygens (including phenoxy) is 1. The number of nitrogens with zero attached hydrogens (tertiary/aromatic N) is 1. The van der Waals surface area contributed by atoms with E-state index >= 15 is 0 Å². The van der Waals surface area contributed by atoms with Crippen molar-refractivity contribution in [1.82, 2.24) is 10.2 Å². The van der Waals surface area contributed by atoms with Crippen LogP contribution in [0.2, 0.25) is 0 Å². The third-order valence-corrected chi connectivity index (χ3v) is 6.21. The maximum Gasteiger partial charge on any atom is 0.308 e. The van der Waals surface area contributed by atoms with E-state index in [0.717, 1.165) is 24.8 Å². The summed E-state index contributed by atoms with van der Waals surface area (Å²) in [6.45, 7) is -0.365. The summed E-state index contributed by atoms with van der Waals surface area (Å²) in [4.78, 5) is 50.3. The Hall–Kier alpha value is -2.96. The smallest absolute Gasteiger partial charge is 0.308 e. The first-order valence-corrected chi connectivity index (χ1v) is 10.6. The van der Waals surface area contributed by atoms with Gasteiger partial charge in [0, 0.05) is 6.54 Å². The second kappa shape index (κ2) is 8.81. The van der Waals surface area contributed by atoms with Crippen molar-refractivity contribution in [3.05, 3.63) is 47.5 Å². The molecular weight excluding hydrogens is 384 g/mol. The number of imide groups is 1. The van der Waals surface area contributed by atoms with Crippen LogP contribution < -0.4 is 5.32 Å². The third-order valence-electron chi connectivity index (χ3n) is 6.21. The number of allylic oxidation sites excluding steroid dienone is 2. The number of aryl methyl sites for hydroxylation is 1. The van der Waals surface area contributed by atoms with E-state index in [0.29, 0.717) is 12.8 Å². The molecule has 0 spiro atoms. The molecule has 1 fully saturated rings. The van der Waals surface area contributed by atoms with Gasteiger partial charge in [0.1, 0.15) is 0 Å². The summed E-state index contributed by atoms with van der Waals surface area (Å²) in [5.41, 5.74) is 2.35. The Morgan fingerprint density at radius 1 is 1.07 bits per heavy atom. The summed E-state index contributed by atoms with van der Waals surface area (Å²) < 4.78 is 5.07. The first kappa shape index (κ1) is 20.3. The zero-order valence-electron chi connectivity index (χ0n) is 16.8. The molecule has 0 saturated carbocycles. The van der Waals surface area contributed by atoms with Crippen LogP contribution in [-0.4, -0.2) is 41.7 Å². The largest absolute Gasteiger partial charge is 0.456 e. The van der Waals surface area contributed by atoms with E-state index in [1.54, 1.807) is 0 Å². The molecule has 1 aliphatic heterocycles. The molecule has 7 heteroatoms. The molecular formula is C23H26N2O5. The van der Waals surface area contributed by atoms with Gasteiger partial charge in [-0.2, -0.15) is 0 Å². The van der Waals surface area contributed by atoms with E-state index in [1.165, 1.54) is 10.5 Å². The molecule has 2 aliphatic carbocycles. The number of fused-ring (bicyclic) bond motifs is 2. The fourth-order valence-corrected chi connectivity index (χ4v) is 4.65. The Morgan fingerprint density at radius 3 is 2.50 bits per heavy atom. The van der Waals surface area contributed by atoms with Crippen LogP contribution in [0.5, 0.6) is 0 Å². The molecule has 1 N–H and O–H groups in total. The third kappa shape index (κ3) is 4.15. The molecule has 1 aromatic rings. The standard InChI is InChI=1S/C23H26N2O5/c26-20(24-19-11-5-7-15-6-1-2-8-16(15)19)14-30-21(27)12-13-25-22(28)17-9-3-4-10-18(17)23(25)29/h1-4,6,8,17-19H,5,7,9-14H2,(H,24,26)/t17-,18-,19-/m0/s1. The van der Waals surface area contributed by atoms with Gasteiger partial charge in [-0.15, -0.1) is 0 Å². The molecule has 3 atom stereocenters. The van der Waals surface area contributed by atoms with Crippen LogP contribution in [-0.2, 0) is 30.3 Å². The lowest BCUT2D eigenvalue weighted by atomic mass is 9.85. The minimum absolute atomic E-state index is 0.00111. The SMILES string of the molecule is O=C(COC(=O)CCN1C(=O)[C@H]2CC=CC[C@@H]2C1=O)N[C@H]1CCCc2ccccc21. The van der Waals surface area contributed by atoms with Crippen molar-refractivity contribution in [2.24, 2.45) is 11.8 Å². The van der Waals surface area contributed by atoms with Gasteiger partial charge < -0.3 is 10.1 Å². The Balaban J connectivity index is 1.22. The van der Waals surface area contributed by atoms with Crippen LogP contribution in [0.1, 0.15) is 49.3 Å². The summed E-state index contributed by atoms with van der Waals surface area (Å²) in [6, 6.07) is 7.96. The molecule has 1 heterocycles. The first-order valence-electron chi connectivity index (χ1n) is 10.6. The zero-order valence-corrected chi connectivity index (χ0v) is 16.8. The van der Waals surface area contributed by atoms with Crippen LogP contribution in [0, 0.1) is 11.8 Å². The lowest BCUT2D eigenvalue weighted by Gasteiger charge is -2.26. The van der Waals surface area contributed by atoms with Crippen molar-refractivity contribution in [2.75, 3.05) is 13.2 Å². The number of carbonyl (C=O) groups excluding carboxylic acids is 4. The highest BCUT2D eigenvalue weighted by atomic mass is 16.5. The summed E-state index contributed by atoms with van der Waals surface area (Å²) in [6.07, 6.45) is 7.74. The van der Waals surface area contributed by atoms with Gasteiger partial charge in [-0.3, -0.25) is 24.1 Å². The Labute approximate surface area is 175 Å². The topological polar surface area (TPSA) is 92.8 Å². The number of esters is 1. The molecule has 0 radical (unpaired) electrons. The van der Waals surface area contributed by atoms with Crippen molar-refractivity contribution >= 4 is 23.7 Å². The average molecular weight is 410 g/mol. The fourth-order valence-electron chi connectivity index (χ4n) is 4.65. The van der Waals surface area contributed by atoms with Crippen molar-refractivity contribution in [3.8, 4) is 0 Å². The van der Waals surface area contributed by atoms with Crippen LogP contribution in [0.3, 0.4) is 0 Å². The molecule has 7 nitrogen and oxygen atoms in total. The van der Waals surface area contributed by atoms with E-state index in [9.17, 15) is 19.2 Å². The minimum Gasteiger partial charge on any atom is -0.456 e. The highest BCUT2D eigenvalue weighted by molar-refractivity contribution is 6.05. The molecule has 0 unspecified atom stereocenters. The van der Waals surface area contributed by atoms with E-state index in [-0.39, 0.29) is 55.2 Å². The average Bonchev–Trinajstić information content (AvgIpc) is 3.01. The minimum atomic E-state index is -0.595. The molecule has 0 bridgehead atoms. The first-order chi connectivity index (χ1) is 14.5. The molecule has 3 amide bonds. The predicted molar refractivity (Wildman–Crippen MR) is 108 cm³/mol. The molecule has 30 heavy (non-hydrogen) atoms. The van der Waals surface area contributed by atoms with Gasteiger partial charge in [-0.25, -0.2) is 0 Å². The number of hydrogen-bond acceptors (Lipinski definition) is 5. The van der Waals surface area contributed by atoms with Gasteiger partial charge in [0.2, 0.25) is 11.8 Å². The molecule has 158 valence electrons. The van der Waals surface area contributed by atoms with Gasteiger partial charge in [-0.05, 0) is 43.2 Å². The number of likely N-dealkylation sites (tertiary alicyclic amines) is 1. The Kier molecular flexibility index (Phi) is 5.97. The number of carbonyl (C=O) groups is 4. The van der Waals surface area contributed by atoms with E-state index < -0.39 is 5.97 Å². The highest BCUT2D eigenvalue weighted by Crippen LogP contribution is 2.35. The number of nitrogens with one attached hydrogen (secondary N) is 1. The number of amides is 3. The molecule has 0 aromatic heterocycles. The van der Waals surface area contributed by atoms with Crippen molar-refractivity contribution < 1.29 is 23.9 Å². The summed E-state index contributed by atoms with van der Waals surface area (Å²) in [5.74, 6) is -1.98. The number of benzene rings is 1. The van der Waals surface area contributed by atoms with Gasteiger partial charge in [0.05, 0.1) is 24.3 Å². The monoisotopic (exact) mass is 410 g/mol. The second-order valence-corrected chi connectivity index (χ2v) is 8.11. The molecule has 1 aromatic carbocycles. The second-order valence-electron chi connectivity index (χ2n) is 8.11. The maximum absolute atomic E-state index is 12.4. The van der Waals surface area contributed by atoms with Crippen LogP contribution >= 0.6 is 0 Å². The van der Waals surface area contributed by atoms with E-state index in [2.05, 4.69) is 11.4 Å². The van der Waals surface area contributed by atoms with Crippen LogP contribution in [0.25, 0.3) is 0 Å². The molecule has 1 saturated heterocycles. The quantitative estimate of drug-likeness (QED) is 0.440. The Morgan fingerprint density at radius 2 is 1.77 bits per heavy atom. The molecule has 4 rings (SSSR count). The number of hydrogen-bond donors (Lipinski definition) is 1. The Bertz CT molecular complexity index is 867. The van der Waals surface area contributed by atoms with Gasteiger partial charge in [0.25, 0.3) is 5.91 Å². The highest BCUT2D eigenvalue weighted by Gasteiger charge is 2.46. The fraction of sp³-hybridized carbons (Fsp3) is 0.478. The van der Waals surface area contributed by atoms with Gasteiger partial charge in [0.15, 0.2) is 6.61 Å². The van der Waals surface area contributed by atoms with Crippen molar-refractivity contribution in [2.45, 2.75) is 44.6 Å². The molecule has 3 aliphatic rings. The summed E-state index contributed by atoms with van der Waals surface area (Å²) in [5, 5.41) is 2.93. The van der Waals surface area contributed by atoms with Gasteiger partial charge in [-0.1, -0.05) is 36.4 Å².